The molecule has 4 fully saturated rings. The van der Waals surface area contributed by atoms with Crippen molar-refractivity contribution < 1.29 is 22.7 Å². The molecule has 1 aliphatic heterocycles. The van der Waals surface area contributed by atoms with Gasteiger partial charge in [0.15, 0.2) is 5.96 Å². The molecule has 7 rings (SSSR count). The van der Waals surface area contributed by atoms with Crippen molar-refractivity contribution in [2.45, 2.75) is 78.2 Å². The fraction of sp³-hybridized carbons (Fsp3) is 0.543. The summed E-state index contributed by atoms with van der Waals surface area (Å²) in [5, 5.41) is 4.95. The summed E-state index contributed by atoms with van der Waals surface area (Å²) in [4.78, 5) is 36.7. The molecule has 3 saturated carbocycles. The molecule has 0 radical (unpaired) electrons. The maximum Gasteiger partial charge on any atom is 0.490 e. The SMILES string of the molecule is C[C@@H]1[C@@H](N=C(Nc2ccc3c(=O)n(CCc4ccc(Cl)cc4Cl)cnc3c2)N2CC[C@H](C)[C@H]2COC(=O)C(F)(F)F)C[C@@H]2C[C@H]1C2(C)C. The first-order valence-electron chi connectivity index (χ1n) is 16.4. The van der Waals surface area contributed by atoms with Gasteiger partial charge in [-0.15, -0.1) is 0 Å². The number of ether oxygens (including phenoxy) is 1. The number of halogens is 5. The Hall–Kier alpha value is -3.31. The van der Waals surface area contributed by atoms with Gasteiger partial charge < -0.3 is 15.0 Å². The third-order valence-corrected chi connectivity index (χ3v) is 11.7. The summed E-state index contributed by atoms with van der Waals surface area (Å²) in [6.07, 6.45) is -0.222. The molecular formula is C35H40Cl2F3N5O3. The zero-order valence-corrected chi connectivity index (χ0v) is 28.9. The normalized spacial score (nSPS) is 26.8. The summed E-state index contributed by atoms with van der Waals surface area (Å²) in [5.74, 6) is -0.293. The van der Waals surface area contributed by atoms with Crippen molar-refractivity contribution in [1.82, 2.24) is 14.5 Å². The zero-order valence-electron chi connectivity index (χ0n) is 27.4. The molecular weight excluding hydrogens is 666 g/mol. The summed E-state index contributed by atoms with van der Waals surface area (Å²) in [7, 11) is 0. The summed E-state index contributed by atoms with van der Waals surface area (Å²) in [6.45, 7) is 9.32. The van der Waals surface area contributed by atoms with E-state index in [-0.39, 0.29) is 22.9 Å². The first-order chi connectivity index (χ1) is 22.6. The van der Waals surface area contributed by atoms with Crippen LogP contribution in [0.2, 0.25) is 10.0 Å². The van der Waals surface area contributed by atoms with E-state index in [1.165, 1.54) is 12.7 Å². The highest BCUT2D eigenvalue weighted by Crippen LogP contribution is 2.61. The zero-order chi connectivity index (χ0) is 34.5. The van der Waals surface area contributed by atoms with Crippen molar-refractivity contribution in [3.8, 4) is 0 Å². The van der Waals surface area contributed by atoms with Gasteiger partial charge >= 0.3 is 12.1 Å². The number of rotatable bonds is 7. The van der Waals surface area contributed by atoms with Crippen LogP contribution in [0.4, 0.5) is 18.9 Å². The molecule has 4 aliphatic rings. The lowest BCUT2D eigenvalue weighted by atomic mass is 9.45. The molecule has 2 aromatic carbocycles. The lowest BCUT2D eigenvalue weighted by molar-refractivity contribution is -0.200. The number of alkyl halides is 3. The molecule has 0 unspecified atom stereocenters. The Bertz CT molecular complexity index is 1800. The van der Waals surface area contributed by atoms with Gasteiger partial charge in [-0.25, -0.2) is 14.8 Å². The number of guanidine groups is 1. The number of fused-ring (bicyclic) bond motifs is 3. The van der Waals surface area contributed by atoms with Crippen LogP contribution in [-0.2, 0) is 22.5 Å². The van der Waals surface area contributed by atoms with Crippen LogP contribution in [0.25, 0.3) is 10.9 Å². The smallest absolute Gasteiger partial charge is 0.457 e. The van der Waals surface area contributed by atoms with E-state index in [9.17, 15) is 22.8 Å². The second kappa shape index (κ2) is 13.2. The number of carbonyl (C=O) groups is 1. The Kier molecular flexibility index (Phi) is 9.50. The predicted octanol–water partition coefficient (Wildman–Crippen LogP) is 7.60. The van der Waals surface area contributed by atoms with Crippen LogP contribution in [-0.4, -0.2) is 57.8 Å². The van der Waals surface area contributed by atoms with E-state index < -0.39 is 24.8 Å². The molecule has 0 spiro atoms. The van der Waals surface area contributed by atoms with Crippen LogP contribution in [0.5, 0.6) is 0 Å². The molecule has 6 atom stereocenters. The molecule has 1 saturated heterocycles. The van der Waals surface area contributed by atoms with Crippen molar-refractivity contribution >= 4 is 51.7 Å². The molecule has 3 aromatic rings. The molecule has 48 heavy (non-hydrogen) atoms. The summed E-state index contributed by atoms with van der Waals surface area (Å²) < 4.78 is 45.3. The van der Waals surface area contributed by atoms with Gasteiger partial charge in [0, 0.05) is 28.8 Å². The Morgan fingerprint density at radius 1 is 1.15 bits per heavy atom. The second-order valence-corrected chi connectivity index (χ2v) is 15.0. The van der Waals surface area contributed by atoms with Crippen LogP contribution in [0.3, 0.4) is 0 Å². The highest BCUT2D eigenvalue weighted by molar-refractivity contribution is 6.35. The molecule has 13 heteroatoms. The van der Waals surface area contributed by atoms with Gasteiger partial charge in [0.2, 0.25) is 0 Å². The number of hydrogen-bond donors (Lipinski definition) is 1. The number of carbonyl (C=O) groups excluding carboxylic acids is 1. The summed E-state index contributed by atoms with van der Waals surface area (Å²) >= 11 is 12.3. The van der Waals surface area contributed by atoms with Crippen LogP contribution in [0, 0.1) is 29.1 Å². The van der Waals surface area contributed by atoms with Crippen molar-refractivity contribution in [3.63, 3.8) is 0 Å². The fourth-order valence-electron chi connectivity index (χ4n) is 7.89. The van der Waals surface area contributed by atoms with E-state index >= 15 is 0 Å². The van der Waals surface area contributed by atoms with Crippen LogP contribution in [0.15, 0.2) is 52.5 Å². The second-order valence-electron chi connectivity index (χ2n) is 14.2. The lowest BCUT2D eigenvalue weighted by Crippen LogP contribution is -2.57. The lowest BCUT2D eigenvalue weighted by Gasteiger charge is -2.61. The van der Waals surface area contributed by atoms with Gasteiger partial charge in [0.05, 0.1) is 29.3 Å². The third-order valence-electron chi connectivity index (χ3n) is 11.1. The largest absolute Gasteiger partial charge is 0.490 e. The molecule has 1 N–H and O–H groups in total. The van der Waals surface area contributed by atoms with Gasteiger partial charge in [-0.1, -0.05) is 57.0 Å². The van der Waals surface area contributed by atoms with Crippen molar-refractivity contribution in [1.29, 1.82) is 0 Å². The fourth-order valence-corrected chi connectivity index (χ4v) is 8.39. The van der Waals surface area contributed by atoms with Gasteiger partial charge in [-0.2, -0.15) is 13.2 Å². The van der Waals surface area contributed by atoms with Crippen molar-refractivity contribution in [2.75, 3.05) is 18.5 Å². The number of aryl methyl sites for hydroxylation is 2. The van der Waals surface area contributed by atoms with E-state index in [1.54, 1.807) is 34.9 Å². The van der Waals surface area contributed by atoms with Gasteiger partial charge in [-0.05, 0) is 90.7 Å². The Balaban J connectivity index is 1.26. The molecule has 2 bridgehead atoms. The van der Waals surface area contributed by atoms with E-state index in [2.05, 4.69) is 31.1 Å². The first-order valence-corrected chi connectivity index (χ1v) is 17.2. The van der Waals surface area contributed by atoms with Crippen LogP contribution < -0.4 is 10.9 Å². The average molecular weight is 707 g/mol. The summed E-state index contributed by atoms with van der Waals surface area (Å²) in [6, 6.07) is 10.1. The monoisotopic (exact) mass is 705 g/mol. The van der Waals surface area contributed by atoms with Gasteiger partial charge in [-0.3, -0.25) is 9.36 Å². The molecule has 8 nitrogen and oxygen atoms in total. The highest BCUT2D eigenvalue weighted by atomic mass is 35.5. The number of aliphatic imine (C=N–C) groups is 1. The van der Waals surface area contributed by atoms with E-state index in [1.807, 2.05) is 17.9 Å². The van der Waals surface area contributed by atoms with Crippen molar-refractivity contribution in [2.24, 2.45) is 34.1 Å². The minimum Gasteiger partial charge on any atom is -0.457 e. The number of anilines is 1. The molecule has 3 aliphatic carbocycles. The Labute approximate surface area is 287 Å². The minimum absolute atomic E-state index is 0.0264. The number of esters is 1. The Morgan fingerprint density at radius 3 is 2.60 bits per heavy atom. The highest BCUT2D eigenvalue weighted by Gasteiger charge is 2.56. The first kappa shape index (κ1) is 34.5. The quantitative estimate of drug-likeness (QED) is 0.155. The molecule has 2 heterocycles. The van der Waals surface area contributed by atoms with E-state index in [0.717, 1.165) is 12.0 Å². The number of nitrogens with zero attached hydrogens (tertiary/aromatic N) is 4. The van der Waals surface area contributed by atoms with Gasteiger partial charge in [0.25, 0.3) is 5.56 Å². The van der Waals surface area contributed by atoms with E-state index in [0.29, 0.717) is 76.3 Å². The van der Waals surface area contributed by atoms with Crippen LogP contribution in [0.1, 0.15) is 52.5 Å². The maximum atomic E-state index is 13.4. The molecule has 0 amide bonds. The number of nitrogens with one attached hydrogen (secondary N) is 1. The average Bonchev–Trinajstić information content (AvgIpc) is 3.39. The van der Waals surface area contributed by atoms with Crippen LogP contribution >= 0.6 is 23.2 Å². The Morgan fingerprint density at radius 2 is 1.92 bits per heavy atom. The number of hydrogen-bond acceptors (Lipinski definition) is 5. The molecule has 258 valence electrons. The molecule has 1 aromatic heterocycles. The van der Waals surface area contributed by atoms with Gasteiger partial charge in [0.1, 0.15) is 6.61 Å². The van der Waals surface area contributed by atoms with E-state index in [4.69, 9.17) is 32.9 Å². The standard InChI is InChI=1S/C35H40Cl2F3N5O3/c1-19-9-12-45(30(19)17-48-32(47)35(38,39)40)33(43-28-14-22-13-26(20(28)2)34(22,3)4)42-24-7-8-25-29(16-24)41-18-44(31(25)46)11-10-21-5-6-23(36)15-27(21)37/h5-8,15-16,18-20,22,26,28,30H,9-14,17H2,1-4H3,(H,42,43)/t19-,20-,22-,26+,28-,30+/m0/s1. The maximum absolute atomic E-state index is 13.4. The number of benzene rings is 2. The number of likely N-dealkylation sites (tertiary alicyclic amines) is 1. The topological polar surface area (TPSA) is 88.8 Å². The third kappa shape index (κ3) is 6.77. The number of aromatic nitrogens is 2. The minimum atomic E-state index is -5.06. The van der Waals surface area contributed by atoms with Crippen molar-refractivity contribution in [3.05, 3.63) is 68.7 Å². The predicted molar refractivity (Wildman–Crippen MR) is 181 cm³/mol. The summed E-state index contributed by atoms with van der Waals surface area (Å²) in [5.41, 5.74) is 2.06.